The summed E-state index contributed by atoms with van der Waals surface area (Å²) in [4.78, 5) is 36.1. The van der Waals surface area contributed by atoms with Gasteiger partial charge in [-0.1, -0.05) is 59.6 Å². The predicted molar refractivity (Wildman–Crippen MR) is 109 cm³/mol. The van der Waals surface area contributed by atoms with Crippen LogP contribution in [0.5, 0.6) is 0 Å². The minimum atomic E-state index is -0.988. The first-order chi connectivity index (χ1) is 13.3. The first-order valence-corrected chi connectivity index (χ1v) is 9.36. The van der Waals surface area contributed by atoms with Gasteiger partial charge in [0.25, 0.3) is 0 Å². The molecule has 0 heterocycles. The van der Waals surface area contributed by atoms with Gasteiger partial charge in [-0.3, -0.25) is 14.4 Å². The maximum atomic E-state index is 12.7. The van der Waals surface area contributed by atoms with Gasteiger partial charge >= 0.3 is 0 Å². The zero-order valence-corrected chi connectivity index (χ0v) is 16.8. The highest BCUT2D eigenvalue weighted by Gasteiger charge is 2.26. The zero-order chi connectivity index (χ0) is 20.7. The molecule has 8 heteroatoms. The fourth-order valence-electron chi connectivity index (χ4n) is 2.71. The molecular weight excluding hydrogens is 401 g/mol. The highest BCUT2D eigenvalue weighted by molar-refractivity contribution is 6.35. The lowest BCUT2D eigenvalue weighted by molar-refractivity contribution is -0.130. The van der Waals surface area contributed by atoms with Gasteiger partial charge in [-0.05, 0) is 23.3 Å². The summed E-state index contributed by atoms with van der Waals surface area (Å²) < 4.78 is 0. The van der Waals surface area contributed by atoms with Crippen LogP contribution in [0.3, 0.4) is 0 Å². The summed E-state index contributed by atoms with van der Waals surface area (Å²) in [6, 6.07) is 12.3. The summed E-state index contributed by atoms with van der Waals surface area (Å²) >= 11 is 12.0. The minimum absolute atomic E-state index is 0.106. The molecule has 2 aromatic carbocycles. The molecule has 148 valence electrons. The fraction of sp³-hybridized carbons (Fsp3) is 0.250. The van der Waals surface area contributed by atoms with E-state index >= 15 is 0 Å². The van der Waals surface area contributed by atoms with Crippen molar-refractivity contribution in [2.45, 2.75) is 31.8 Å². The van der Waals surface area contributed by atoms with E-state index in [4.69, 9.17) is 28.9 Å². The van der Waals surface area contributed by atoms with E-state index in [1.54, 1.807) is 18.2 Å². The fourth-order valence-corrected chi connectivity index (χ4v) is 3.19. The second-order valence-corrected chi connectivity index (χ2v) is 7.19. The summed E-state index contributed by atoms with van der Waals surface area (Å²) in [6.45, 7) is 1.32. The molecule has 0 spiro atoms. The molecule has 6 nitrogen and oxygen atoms in total. The van der Waals surface area contributed by atoms with Crippen LogP contribution in [0.15, 0.2) is 48.5 Å². The lowest BCUT2D eigenvalue weighted by Crippen LogP contribution is -2.54. The van der Waals surface area contributed by atoms with Crippen LogP contribution in [-0.4, -0.2) is 29.8 Å². The average molecular weight is 422 g/mol. The first kappa shape index (κ1) is 21.7. The smallest absolute Gasteiger partial charge is 0.243 e. The molecular formula is C20H21Cl2N3O3. The number of benzene rings is 2. The van der Waals surface area contributed by atoms with Gasteiger partial charge in [0.15, 0.2) is 0 Å². The Morgan fingerprint density at radius 1 is 0.964 bits per heavy atom. The molecule has 2 aromatic rings. The van der Waals surface area contributed by atoms with Crippen molar-refractivity contribution < 1.29 is 14.4 Å². The molecule has 3 amide bonds. The maximum absolute atomic E-state index is 12.7. The van der Waals surface area contributed by atoms with E-state index in [1.165, 1.54) is 6.92 Å². The van der Waals surface area contributed by atoms with Crippen LogP contribution < -0.4 is 16.4 Å². The van der Waals surface area contributed by atoms with E-state index < -0.39 is 23.9 Å². The number of carbonyl (C=O) groups excluding carboxylic acids is 3. The third-order valence-corrected chi connectivity index (χ3v) is 4.66. The molecule has 0 saturated heterocycles. The van der Waals surface area contributed by atoms with Gasteiger partial charge in [-0.25, -0.2) is 0 Å². The molecule has 0 aromatic heterocycles. The van der Waals surface area contributed by atoms with Crippen LogP contribution in [0, 0.1) is 0 Å². The van der Waals surface area contributed by atoms with Gasteiger partial charge in [0, 0.05) is 29.8 Å². The number of primary amides is 1. The van der Waals surface area contributed by atoms with Crippen LogP contribution in [0.4, 0.5) is 0 Å². The lowest BCUT2D eigenvalue weighted by atomic mass is 10.0. The Morgan fingerprint density at radius 2 is 1.64 bits per heavy atom. The molecule has 4 N–H and O–H groups in total. The summed E-state index contributed by atoms with van der Waals surface area (Å²) in [6.07, 6.45) is 0.384. The minimum Gasteiger partial charge on any atom is -0.368 e. The first-order valence-electron chi connectivity index (χ1n) is 8.61. The van der Waals surface area contributed by atoms with Gasteiger partial charge in [-0.15, -0.1) is 0 Å². The Bertz CT molecular complexity index is 859. The van der Waals surface area contributed by atoms with Crippen LogP contribution in [0.25, 0.3) is 0 Å². The summed E-state index contributed by atoms with van der Waals surface area (Å²) in [5, 5.41) is 6.05. The SMILES string of the molecule is CC(=O)N[C@@H](Cc1ccccc1)C(=O)N[C@H](Cc1ccc(Cl)cc1Cl)C(N)=O. The second kappa shape index (κ2) is 10.1. The van der Waals surface area contributed by atoms with Crippen molar-refractivity contribution in [2.24, 2.45) is 5.73 Å². The van der Waals surface area contributed by atoms with E-state index in [0.29, 0.717) is 15.6 Å². The number of rotatable bonds is 8. The molecule has 0 bridgehead atoms. The Morgan fingerprint density at radius 3 is 2.21 bits per heavy atom. The second-order valence-electron chi connectivity index (χ2n) is 6.35. The predicted octanol–water partition coefficient (Wildman–Crippen LogP) is 2.25. The number of carbonyl (C=O) groups is 3. The van der Waals surface area contributed by atoms with Crippen molar-refractivity contribution >= 4 is 40.9 Å². The van der Waals surface area contributed by atoms with Gasteiger partial charge in [0.05, 0.1) is 0 Å². The molecule has 2 rings (SSSR count). The quantitative estimate of drug-likeness (QED) is 0.608. The molecule has 0 aliphatic rings. The van der Waals surface area contributed by atoms with E-state index in [2.05, 4.69) is 10.6 Å². The van der Waals surface area contributed by atoms with Crippen LogP contribution >= 0.6 is 23.2 Å². The number of nitrogens with two attached hydrogens (primary N) is 1. The molecule has 0 aliphatic carbocycles. The molecule has 0 saturated carbocycles. The number of hydrogen-bond donors (Lipinski definition) is 3. The Balaban J connectivity index is 2.14. The normalized spacial score (nSPS) is 12.7. The summed E-state index contributed by atoms with van der Waals surface area (Å²) in [5.74, 6) is -1.57. The molecule has 2 atom stereocenters. The molecule has 0 aliphatic heterocycles. The largest absolute Gasteiger partial charge is 0.368 e. The lowest BCUT2D eigenvalue weighted by Gasteiger charge is -2.22. The molecule has 0 unspecified atom stereocenters. The van der Waals surface area contributed by atoms with E-state index in [-0.39, 0.29) is 18.7 Å². The summed E-state index contributed by atoms with van der Waals surface area (Å²) in [5.41, 5.74) is 6.94. The van der Waals surface area contributed by atoms with Crippen LogP contribution in [0.1, 0.15) is 18.1 Å². The van der Waals surface area contributed by atoms with E-state index in [1.807, 2.05) is 30.3 Å². The molecule has 28 heavy (non-hydrogen) atoms. The van der Waals surface area contributed by atoms with E-state index in [9.17, 15) is 14.4 Å². The average Bonchev–Trinajstić information content (AvgIpc) is 2.63. The Hall–Kier alpha value is -2.57. The highest BCUT2D eigenvalue weighted by Crippen LogP contribution is 2.22. The summed E-state index contributed by atoms with van der Waals surface area (Å²) in [7, 11) is 0. The van der Waals surface area contributed by atoms with Gasteiger partial charge in [0.1, 0.15) is 12.1 Å². The van der Waals surface area contributed by atoms with E-state index in [0.717, 1.165) is 5.56 Å². The maximum Gasteiger partial charge on any atom is 0.243 e. The van der Waals surface area contributed by atoms with Crippen molar-refractivity contribution in [3.63, 3.8) is 0 Å². The van der Waals surface area contributed by atoms with Crippen LogP contribution in [-0.2, 0) is 27.2 Å². The van der Waals surface area contributed by atoms with Crippen molar-refractivity contribution in [1.29, 1.82) is 0 Å². The zero-order valence-electron chi connectivity index (χ0n) is 15.2. The Kier molecular flexibility index (Phi) is 7.84. The standard InChI is InChI=1S/C20H21Cl2N3O3/c1-12(26)24-18(9-13-5-3-2-4-6-13)20(28)25-17(19(23)27)10-14-7-8-15(21)11-16(14)22/h2-8,11,17-18H,9-10H2,1H3,(H2,23,27)(H,24,26)(H,25,28)/t17-,18+/m1/s1. The van der Waals surface area contributed by atoms with Crippen molar-refractivity contribution in [1.82, 2.24) is 10.6 Å². The van der Waals surface area contributed by atoms with Crippen LogP contribution in [0.2, 0.25) is 10.0 Å². The molecule has 0 fully saturated rings. The third kappa shape index (κ3) is 6.55. The highest BCUT2D eigenvalue weighted by atomic mass is 35.5. The Labute approximate surface area is 173 Å². The van der Waals surface area contributed by atoms with Crippen molar-refractivity contribution in [3.8, 4) is 0 Å². The van der Waals surface area contributed by atoms with Gasteiger partial charge in [0.2, 0.25) is 17.7 Å². The van der Waals surface area contributed by atoms with Gasteiger partial charge in [-0.2, -0.15) is 0 Å². The van der Waals surface area contributed by atoms with Crippen molar-refractivity contribution in [2.75, 3.05) is 0 Å². The number of amides is 3. The number of halogens is 2. The third-order valence-electron chi connectivity index (χ3n) is 4.08. The number of nitrogens with one attached hydrogen (secondary N) is 2. The van der Waals surface area contributed by atoms with Gasteiger partial charge < -0.3 is 16.4 Å². The monoisotopic (exact) mass is 421 g/mol. The number of hydrogen-bond acceptors (Lipinski definition) is 3. The molecule has 0 radical (unpaired) electrons. The topological polar surface area (TPSA) is 101 Å². The van der Waals surface area contributed by atoms with Crippen molar-refractivity contribution in [3.05, 3.63) is 69.7 Å².